The molecule has 25 heavy (non-hydrogen) atoms. The molecule has 3 rings (SSSR count). The highest BCUT2D eigenvalue weighted by molar-refractivity contribution is 6.04. The van der Waals surface area contributed by atoms with E-state index < -0.39 is 0 Å². The van der Waals surface area contributed by atoms with Crippen molar-refractivity contribution in [2.75, 3.05) is 10.6 Å². The zero-order valence-electron chi connectivity index (χ0n) is 14.4. The molecule has 0 atom stereocenters. The smallest absolute Gasteiger partial charge is 0.257 e. The fourth-order valence-electron chi connectivity index (χ4n) is 2.46. The largest absolute Gasteiger partial charge is 0.354 e. The Hall–Kier alpha value is -3.14. The van der Waals surface area contributed by atoms with Gasteiger partial charge in [0.2, 0.25) is 0 Å². The first-order chi connectivity index (χ1) is 12.1. The molecule has 0 unspecified atom stereocenters. The van der Waals surface area contributed by atoms with Gasteiger partial charge in [-0.25, -0.2) is 0 Å². The Kier molecular flexibility index (Phi) is 5.09. The quantitative estimate of drug-likeness (QED) is 0.695. The Morgan fingerprint density at radius 1 is 0.920 bits per heavy atom. The topological polar surface area (TPSA) is 54.0 Å². The third-order valence-corrected chi connectivity index (χ3v) is 3.96. The number of hydrogen-bond acceptors (Lipinski definition) is 3. The molecule has 0 aliphatic carbocycles. The van der Waals surface area contributed by atoms with Crippen molar-refractivity contribution >= 4 is 23.0 Å². The fraction of sp³-hybridized carbons (Fsp3) is 0.143. The molecule has 1 amide bonds. The van der Waals surface area contributed by atoms with E-state index in [2.05, 4.69) is 34.7 Å². The highest BCUT2D eigenvalue weighted by Crippen LogP contribution is 2.18. The second kappa shape index (κ2) is 7.62. The highest BCUT2D eigenvalue weighted by atomic mass is 16.1. The lowest BCUT2D eigenvalue weighted by Gasteiger charge is -2.09. The van der Waals surface area contributed by atoms with Gasteiger partial charge >= 0.3 is 0 Å². The summed E-state index contributed by atoms with van der Waals surface area (Å²) in [5.41, 5.74) is 5.46. The summed E-state index contributed by atoms with van der Waals surface area (Å²) in [4.78, 5) is 16.6. The van der Waals surface area contributed by atoms with Crippen LogP contribution in [0.4, 0.5) is 17.1 Å². The first-order valence-electron chi connectivity index (χ1n) is 8.33. The number of amides is 1. The maximum Gasteiger partial charge on any atom is 0.257 e. The molecule has 4 nitrogen and oxygen atoms in total. The van der Waals surface area contributed by atoms with Crippen LogP contribution in [0.5, 0.6) is 0 Å². The molecule has 0 spiro atoms. The van der Waals surface area contributed by atoms with Crippen molar-refractivity contribution in [1.29, 1.82) is 0 Å². The second-order valence-corrected chi connectivity index (χ2v) is 5.96. The van der Waals surface area contributed by atoms with Crippen LogP contribution in [0.3, 0.4) is 0 Å². The number of carbonyl (C=O) groups excluding carboxylic acids is 1. The predicted octanol–water partition coefficient (Wildman–Crippen LogP) is 4.95. The first-order valence-corrected chi connectivity index (χ1v) is 8.33. The van der Waals surface area contributed by atoms with Gasteiger partial charge in [0.25, 0.3) is 5.91 Å². The van der Waals surface area contributed by atoms with E-state index in [-0.39, 0.29) is 5.91 Å². The molecule has 0 bridgehead atoms. The minimum Gasteiger partial charge on any atom is -0.354 e. The van der Waals surface area contributed by atoms with Gasteiger partial charge < -0.3 is 10.6 Å². The minimum atomic E-state index is -0.179. The summed E-state index contributed by atoms with van der Waals surface area (Å²) in [6.07, 6.45) is 4.28. The molecular formula is C21H21N3O. The molecule has 3 aromatic rings. The van der Waals surface area contributed by atoms with Crippen molar-refractivity contribution in [1.82, 2.24) is 4.98 Å². The van der Waals surface area contributed by atoms with E-state index in [9.17, 15) is 4.79 Å². The van der Waals surface area contributed by atoms with Crippen LogP contribution in [0.15, 0.2) is 67.0 Å². The number of anilines is 3. The Morgan fingerprint density at radius 3 is 2.28 bits per heavy atom. The van der Waals surface area contributed by atoms with E-state index in [4.69, 9.17) is 0 Å². The van der Waals surface area contributed by atoms with Gasteiger partial charge in [0.05, 0.1) is 17.4 Å². The number of rotatable bonds is 5. The molecule has 1 aromatic heterocycles. The summed E-state index contributed by atoms with van der Waals surface area (Å²) in [6.45, 7) is 4.14. The Labute approximate surface area is 147 Å². The van der Waals surface area contributed by atoms with E-state index >= 15 is 0 Å². The lowest BCUT2D eigenvalue weighted by atomic mass is 10.1. The van der Waals surface area contributed by atoms with Crippen LogP contribution >= 0.6 is 0 Å². The van der Waals surface area contributed by atoms with Gasteiger partial charge in [0.1, 0.15) is 0 Å². The molecule has 2 N–H and O–H groups in total. The summed E-state index contributed by atoms with van der Waals surface area (Å²) in [7, 11) is 0. The summed E-state index contributed by atoms with van der Waals surface area (Å²) < 4.78 is 0. The number of aryl methyl sites for hydroxylation is 2. The zero-order chi connectivity index (χ0) is 17.6. The highest BCUT2D eigenvalue weighted by Gasteiger charge is 2.08. The summed E-state index contributed by atoms with van der Waals surface area (Å²) >= 11 is 0. The number of pyridine rings is 1. The third kappa shape index (κ3) is 4.44. The van der Waals surface area contributed by atoms with Crippen LogP contribution in [0.25, 0.3) is 0 Å². The van der Waals surface area contributed by atoms with Crippen LogP contribution in [0.2, 0.25) is 0 Å². The van der Waals surface area contributed by atoms with E-state index in [1.165, 1.54) is 5.56 Å². The second-order valence-electron chi connectivity index (χ2n) is 5.96. The molecule has 126 valence electrons. The summed E-state index contributed by atoms with van der Waals surface area (Å²) in [6, 6.07) is 17.7. The maximum atomic E-state index is 12.4. The van der Waals surface area contributed by atoms with E-state index in [1.54, 1.807) is 18.5 Å². The molecule has 0 saturated carbocycles. The molecule has 1 heterocycles. The number of hydrogen-bond donors (Lipinski definition) is 2. The average Bonchev–Trinajstić information content (AvgIpc) is 2.64. The number of nitrogens with one attached hydrogen (secondary N) is 2. The molecule has 4 heteroatoms. The molecule has 0 saturated heterocycles. The predicted molar refractivity (Wildman–Crippen MR) is 102 cm³/mol. The van der Waals surface area contributed by atoms with Gasteiger partial charge in [-0.2, -0.15) is 0 Å². The molecule has 0 radical (unpaired) electrons. The minimum absolute atomic E-state index is 0.179. The normalized spacial score (nSPS) is 10.3. The van der Waals surface area contributed by atoms with Gasteiger partial charge in [-0.1, -0.05) is 36.8 Å². The summed E-state index contributed by atoms with van der Waals surface area (Å²) in [5, 5.41) is 6.16. The lowest BCUT2D eigenvalue weighted by molar-refractivity contribution is 0.102. The molecule has 0 aliphatic heterocycles. The molecule has 0 fully saturated rings. The molecule has 2 aromatic carbocycles. The molecule has 0 aliphatic rings. The van der Waals surface area contributed by atoms with Crippen molar-refractivity contribution in [2.45, 2.75) is 20.3 Å². The number of nitrogens with zero attached hydrogens (tertiary/aromatic N) is 1. The lowest BCUT2D eigenvalue weighted by Crippen LogP contribution is -2.12. The zero-order valence-corrected chi connectivity index (χ0v) is 14.4. The van der Waals surface area contributed by atoms with Crippen LogP contribution < -0.4 is 10.6 Å². The van der Waals surface area contributed by atoms with Gasteiger partial charge in [0.15, 0.2) is 0 Å². The molecular weight excluding hydrogens is 310 g/mol. The van der Waals surface area contributed by atoms with E-state index in [1.807, 2.05) is 43.3 Å². The summed E-state index contributed by atoms with van der Waals surface area (Å²) in [5.74, 6) is -0.179. The van der Waals surface area contributed by atoms with Crippen LogP contribution in [0.1, 0.15) is 28.4 Å². The van der Waals surface area contributed by atoms with E-state index in [0.717, 1.165) is 29.0 Å². The Balaban J connectivity index is 1.71. The van der Waals surface area contributed by atoms with Crippen molar-refractivity contribution in [2.24, 2.45) is 0 Å². The van der Waals surface area contributed by atoms with Crippen molar-refractivity contribution < 1.29 is 4.79 Å². The van der Waals surface area contributed by atoms with Crippen LogP contribution in [-0.4, -0.2) is 10.9 Å². The fourth-order valence-corrected chi connectivity index (χ4v) is 2.46. The van der Waals surface area contributed by atoms with Crippen molar-refractivity contribution in [3.05, 3.63) is 83.7 Å². The van der Waals surface area contributed by atoms with Crippen molar-refractivity contribution in [3.8, 4) is 0 Å². The van der Waals surface area contributed by atoms with Gasteiger partial charge in [-0.15, -0.1) is 0 Å². The standard InChI is InChI=1S/C21H21N3O/c1-3-16-6-10-18(11-7-16)23-20-12-17(13-22-14-20)21(25)24-19-8-4-15(2)5-9-19/h4-14,23H,3H2,1-2H3,(H,24,25). The third-order valence-electron chi connectivity index (χ3n) is 3.96. The van der Waals surface area contributed by atoms with Gasteiger partial charge in [0, 0.05) is 17.6 Å². The number of aromatic nitrogens is 1. The monoisotopic (exact) mass is 331 g/mol. The van der Waals surface area contributed by atoms with Crippen LogP contribution in [0, 0.1) is 6.92 Å². The van der Waals surface area contributed by atoms with Gasteiger partial charge in [-0.3, -0.25) is 9.78 Å². The van der Waals surface area contributed by atoms with Crippen molar-refractivity contribution in [3.63, 3.8) is 0 Å². The Bertz CT molecular complexity index is 855. The Morgan fingerprint density at radius 2 is 1.60 bits per heavy atom. The SMILES string of the molecule is CCc1ccc(Nc2cncc(C(=O)Nc3ccc(C)cc3)c2)cc1. The first kappa shape index (κ1) is 16.7. The number of carbonyl (C=O) groups is 1. The maximum absolute atomic E-state index is 12.4. The van der Waals surface area contributed by atoms with Crippen LogP contribution in [-0.2, 0) is 6.42 Å². The number of benzene rings is 2. The average molecular weight is 331 g/mol. The van der Waals surface area contributed by atoms with E-state index in [0.29, 0.717) is 5.56 Å². The van der Waals surface area contributed by atoms with Gasteiger partial charge in [-0.05, 0) is 49.2 Å².